The topological polar surface area (TPSA) is 49.7 Å². The molecule has 0 radical (unpaired) electrons. The van der Waals surface area contributed by atoms with Crippen LogP contribution in [0.25, 0.3) is 0 Å². The van der Waals surface area contributed by atoms with Crippen LogP contribution < -0.4 is 0 Å². The zero-order valence-corrected chi connectivity index (χ0v) is 7.90. The molecule has 0 aromatic rings. The molecule has 1 saturated heterocycles. The summed E-state index contributed by atoms with van der Waals surface area (Å²) in [6.07, 6.45) is -0.875. The second-order valence-electron chi connectivity index (χ2n) is 3.92. The maximum atomic E-state index is 9.54. The van der Waals surface area contributed by atoms with E-state index in [4.69, 9.17) is 4.74 Å². The van der Waals surface area contributed by atoms with Gasteiger partial charge in [-0.25, -0.2) is 0 Å². The molecular weight excluding hydrogens is 156 g/mol. The van der Waals surface area contributed by atoms with Gasteiger partial charge in [-0.05, 0) is 12.8 Å². The second-order valence-corrected chi connectivity index (χ2v) is 3.92. The molecule has 0 bridgehead atoms. The first-order valence-corrected chi connectivity index (χ1v) is 4.54. The summed E-state index contributed by atoms with van der Waals surface area (Å²) in [5.74, 6) is 0.301. The van der Waals surface area contributed by atoms with Crippen molar-refractivity contribution in [1.29, 1.82) is 0 Å². The average Bonchev–Trinajstić information content (AvgIpc) is 1.96. The van der Waals surface area contributed by atoms with E-state index < -0.39 is 12.2 Å². The van der Waals surface area contributed by atoms with Gasteiger partial charge in [-0.15, -0.1) is 0 Å². The van der Waals surface area contributed by atoms with Gasteiger partial charge in [0.05, 0.1) is 24.4 Å². The van der Waals surface area contributed by atoms with Crippen LogP contribution in [0.1, 0.15) is 27.2 Å². The molecular formula is C9H18O3. The standard InChI is InChI=1S/C9H18O3/c1-5(2)9-8(11)4-7(10)6(3)12-9/h5-11H,4H2,1-3H3. The van der Waals surface area contributed by atoms with Crippen molar-refractivity contribution in [2.24, 2.45) is 5.92 Å². The highest BCUT2D eigenvalue weighted by molar-refractivity contribution is 4.84. The molecule has 3 heteroatoms. The van der Waals surface area contributed by atoms with Crippen LogP contribution in [0.3, 0.4) is 0 Å². The molecule has 0 saturated carbocycles. The summed E-state index contributed by atoms with van der Waals surface area (Å²) in [6, 6.07) is 0. The van der Waals surface area contributed by atoms with Gasteiger partial charge in [-0.1, -0.05) is 13.8 Å². The minimum atomic E-state index is -0.519. The minimum Gasteiger partial charge on any atom is -0.390 e. The number of hydrogen-bond acceptors (Lipinski definition) is 3. The maximum absolute atomic E-state index is 9.54. The summed E-state index contributed by atoms with van der Waals surface area (Å²) in [6.45, 7) is 5.86. The monoisotopic (exact) mass is 174 g/mol. The first-order valence-electron chi connectivity index (χ1n) is 4.54. The van der Waals surface area contributed by atoms with Crippen molar-refractivity contribution >= 4 is 0 Å². The fraction of sp³-hybridized carbons (Fsp3) is 1.00. The van der Waals surface area contributed by atoms with Crippen LogP contribution in [0.4, 0.5) is 0 Å². The molecule has 0 aromatic carbocycles. The minimum absolute atomic E-state index is 0.122. The Kier molecular flexibility index (Phi) is 3.09. The Morgan fingerprint density at radius 1 is 1.25 bits per heavy atom. The molecule has 0 spiro atoms. The molecule has 1 heterocycles. The first kappa shape index (κ1) is 9.96. The highest BCUT2D eigenvalue weighted by Gasteiger charge is 2.35. The highest BCUT2D eigenvalue weighted by atomic mass is 16.5. The second kappa shape index (κ2) is 3.73. The molecule has 72 valence electrons. The number of hydrogen-bond donors (Lipinski definition) is 2. The number of aliphatic hydroxyl groups is 2. The smallest absolute Gasteiger partial charge is 0.0862 e. The van der Waals surface area contributed by atoms with Gasteiger partial charge in [0, 0.05) is 6.42 Å². The largest absolute Gasteiger partial charge is 0.390 e. The van der Waals surface area contributed by atoms with Crippen LogP contribution in [-0.2, 0) is 4.74 Å². The molecule has 1 fully saturated rings. The van der Waals surface area contributed by atoms with E-state index in [1.165, 1.54) is 0 Å². The molecule has 1 aliphatic heterocycles. The fourth-order valence-corrected chi connectivity index (χ4v) is 1.60. The predicted molar refractivity (Wildman–Crippen MR) is 45.8 cm³/mol. The molecule has 1 aliphatic rings. The van der Waals surface area contributed by atoms with Crippen molar-refractivity contribution in [2.75, 3.05) is 0 Å². The third-order valence-corrected chi connectivity index (χ3v) is 2.43. The molecule has 0 amide bonds. The molecule has 4 atom stereocenters. The highest BCUT2D eigenvalue weighted by Crippen LogP contribution is 2.24. The summed E-state index contributed by atoms with van der Waals surface area (Å²) in [4.78, 5) is 0. The van der Waals surface area contributed by atoms with Gasteiger partial charge in [0.25, 0.3) is 0 Å². The maximum Gasteiger partial charge on any atom is 0.0862 e. The number of aliphatic hydroxyl groups excluding tert-OH is 2. The third-order valence-electron chi connectivity index (χ3n) is 2.43. The number of ether oxygens (including phenoxy) is 1. The van der Waals surface area contributed by atoms with E-state index in [-0.39, 0.29) is 12.2 Å². The van der Waals surface area contributed by atoms with Gasteiger partial charge < -0.3 is 14.9 Å². The van der Waals surface area contributed by atoms with E-state index in [0.29, 0.717) is 12.3 Å². The van der Waals surface area contributed by atoms with E-state index in [0.717, 1.165) is 0 Å². The summed E-state index contributed by atoms with van der Waals surface area (Å²) in [5.41, 5.74) is 0. The lowest BCUT2D eigenvalue weighted by molar-refractivity contribution is -0.175. The normalized spacial score (nSPS) is 43.5. The van der Waals surface area contributed by atoms with Crippen LogP contribution in [0.2, 0.25) is 0 Å². The van der Waals surface area contributed by atoms with E-state index in [1.807, 2.05) is 20.8 Å². The number of rotatable bonds is 1. The Morgan fingerprint density at radius 2 is 1.83 bits per heavy atom. The van der Waals surface area contributed by atoms with Crippen molar-refractivity contribution in [2.45, 2.75) is 51.6 Å². The molecule has 4 unspecified atom stereocenters. The summed E-state index contributed by atoms with van der Waals surface area (Å²) >= 11 is 0. The van der Waals surface area contributed by atoms with Gasteiger partial charge in [0.2, 0.25) is 0 Å². The molecule has 0 aliphatic carbocycles. The molecule has 2 N–H and O–H groups in total. The Balaban J connectivity index is 2.55. The van der Waals surface area contributed by atoms with E-state index >= 15 is 0 Å². The molecule has 12 heavy (non-hydrogen) atoms. The van der Waals surface area contributed by atoms with E-state index in [9.17, 15) is 10.2 Å². The van der Waals surface area contributed by atoms with Crippen molar-refractivity contribution in [3.8, 4) is 0 Å². The van der Waals surface area contributed by atoms with Crippen molar-refractivity contribution < 1.29 is 14.9 Å². The molecule has 3 nitrogen and oxygen atoms in total. The van der Waals surface area contributed by atoms with Crippen molar-refractivity contribution in [1.82, 2.24) is 0 Å². The Morgan fingerprint density at radius 3 is 2.33 bits per heavy atom. The summed E-state index contributed by atoms with van der Waals surface area (Å²) < 4.78 is 5.47. The Labute approximate surface area is 73.4 Å². The van der Waals surface area contributed by atoms with Crippen LogP contribution in [0.5, 0.6) is 0 Å². The van der Waals surface area contributed by atoms with Gasteiger partial charge in [-0.3, -0.25) is 0 Å². The SMILES string of the molecule is CC(C)C1OC(C)C(O)CC1O. The van der Waals surface area contributed by atoms with Gasteiger partial charge in [-0.2, -0.15) is 0 Å². The Hall–Kier alpha value is -0.120. The van der Waals surface area contributed by atoms with E-state index in [2.05, 4.69) is 0 Å². The van der Waals surface area contributed by atoms with Crippen LogP contribution in [0, 0.1) is 5.92 Å². The zero-order chi connectivity index (χ0) is 9.30. The molecule has 1 rings (SSSR count). The van der Waals surface area contributed by atoms with Gasteiger partial charge in [0.15, 0.2) is 0 Å². The quantitative estimate of drug-likeness (QED) is 0.610. The van der Waals surface area contributed by atoms with Crippen LogP contribution in [-0.4, -0.2) is 34.6 Å². The van der Waals surface area contributed by atoms with Crippen LogP contribution in [0.15, 0.2) is 0 Å². The lowest BCUT2D eigenvalue weighted by atomic mass is 9.92. The summed E-state index contributed by atoms with van der Waals surface area (Å²) in [7, 11) is 0. The van der Waals surface area contributed by atoms with Crippen molar-refractivity contribution in [3.63, 3.8) is 0 Å². The summed E-state index contributed by atoms with van der Waals surface area (Å²) in [5, 5.41) is 18.9. The molecule has 0 aromatic heterocycles. The average molecular weight is 174 g/mol. The van der Waals surface area contributed by atoms with Gasteiger partial charge >= 0.3 is 0 Å². The first-order chi connectivity index (χ1) is 5.52. The lowest BCUT2D eigenvalue weighted by Gasteiger charge is -2.37. The van der Waals surface area contributed by atoms with Crippen molar-refractivity contribution in [3.05, 3.63) is 0 Å². The fourth-order valence-electron chi connectivity index (χ4n) is 1.60. The van der Waals surface area contributed by atoms with Gasteiger partial charge in [0.1, 0.15) is 0 Å². The predicted octanol–water partition coefficient (Wildman–Crippen LogP) is 0.542. The lowest BCUT2D eigenvalue weighted by Crippen LogP contribution is -2.48. The zero-order valence-electron chi connectivity index (χ0n) is 7.90. The van der Waals surface area contributed by atoms with Crippen LogP contribution >= 0.6 is 0 Å². The third kappa shape index (κ3) is 1.97. The van der Waals surface area contributed by atoms with E-state index in [1.54, 1.807) is 0 Å². The Bertz CT molecular complexity index is 147.